The zero-order chi connectivity index (χ0) is 15.5. The van der Waals surface area contributed by atoms with E-state index in [0.717, 1.165) is 24.5 Å². The van der Waals surface area contributed by atoms with Crippen LogP contribution in [0.4, 0.5) is 5.69 Å². The molecule has 116 valence electrons. The smallest absolute Gasteiger partial charge is 0.284 e. The Kier molecular flexibility index (Phi) is 4.24. The Labute approximate surface area is 133 Å². The number of piperazine rings is 1. The molecule has 2 aromatic rings. The number of hydrogen-bond acceptors (Lipinski definition) is 6. The number of ether oxygens (including phenoxy) is 1. The lowest BCUT2D eigenvalue weighted by molar-refractivity contribution is 0.0746. The van der Waals surface area contributed by atoms with Crippen LogP contribution in [-0.2, 0) is 0 Å². The quantitative estimate of drug-likeness (QED) is 0.864. The van der Waals surface area contributed by atoms with E-state index < -0.39 is 0 Å². The van der Waals surface area contributed by atoms with Gasteiger partial charge >= 0.3 is 0 Å². The number of rotatable bonds is 3. The summed E-state index contributed by atoms with van der Waals surface area (Å²) in [6.45, 7) is 4.78. The summed E-state index contributed by atoms with van der Waals surface area (Å²) in [5, 5.41) is 0.479. The van der Waals surface area contributed by atoms with E-state index in [1.54, 1.807) is 14.0 Å². The topological polar surface area (TPSA) is 58.6 Å². The van der Waals surface area contributed by atoms with Crippen LogP contribution in [0.2, 0.25) is 0 Å². The molecule has 1 aromatic carbocycles. The van der Waals surface area contributed by atoms with Crippen LogP contribution in [0.3, 0.4) is 0 Å². The third kappa shape index (κ3) is 3.04. The Bertz CT molecular complexity index is 665. The highest BCUT2D eigenvalue weighted by atomic mass is 32.1. The minimum atomic E-state index is -0.0177. The van der Waals surface area contributed by atoms with Crippen LogP contribution in [0.5, 0.6) is 5.75 Å². The van der Waals surface area contributed by atoms with Gasteiger partial charge in [-0.15, -0.1) is 0 Å². The van der Waals surface area contributed by atoms with Crippen molar-refractivity contribution < 1.29 is 9.53 Å². The first kappa shape index (κ1) is 14.8. The molecule has 1 aliphatic heterocycles. The van der Waals surface area contributed by atoms with Gasteiger partial charge in [-0.1, -0.05) is 6.07 Å². The van der Waals surface area contributed by atoms with Crippen molar-refractivity contribution in [1.82, 2.24) is 14.3 Å². The van der Waals surface area contributed by atoms with Gasteiger partial charge in [0.25, 0.3) is 5.91 Å². The molecule has 1 aliphatic rings. The van der Waals surface area contributed by atoms with Gasteiger partial charge in [-0.2, -0.15) is 4.37 Å². The summed E-state index contributed by atoms with van der Waals surface area (Å²) in [5.74, 6) is 1.49. The summed E-state index contributed by atoms with van der Waals surface area (Å²) in [7, 11) is 1.67. The van der Waals surface area contributed by atoms with Gasteiger partial charge in [0.2, 0.25) is 5.01 Å². The molecule has 1 fully saturated rings. The second kappa shape index (κ2) is 6.31. The number of aromatic nitrogens is 2. The van der Waals surface area contributed by atoms with Gasteiger partial charge in [-0.05, 0) is 30.6 Å². The maximum Gasteiger partial charge on any atom is 0.284 e. The molecule has 0 N–H and O–H groups in total. The first-order chi connectivity index (χ1) is 10.7. The van der Waals surface area contributed by atoms with Crippen molar-refractivity contribution in [3.63, 3.8) is 0 Å². The van der Waals surface area contributed by atoms with E-state index in [1.165, 1.54) is 11.5 Å². The zero-order valence-electron chi connectivity index (χ0n) is 12.7. The van der Waals surface area contributed by atoms with E-state index in [0.29, 0.717) is 23.9 Å². The number of carbonyl (C=O) groups excluding carboxylic acids is 1. The van der Waals surface area contributed by atoms with E-state index in [2.05, 4.69) is 20.3 Å². The zero-order valence-corrected chi connectivity index (χ0v) is 13.5. The van der Waals surface area contributed by atoms with Crippen LogP contribution in [0, 0.1) is 6.92 Å². The fourth-order valence-electron chi connectivity index (χ4n) is 2.49. The lowest BCUT2D eigenvalue weighted by atomic mass is 10.2. The van der Waals surface area contributed by atoms with E-state index in [-0.39, 0.29) is 5.91 Å². The molecule has 0 aliphatic carbocycles. The molecule has 6 nitrogen and oxygen atoms in total. The standard InChI is InChI=1S/C15H18N4O2S/c1-11-16-14(22-17-11)15(20)19-8-6-18(7-9-19)12-4-3-5-13(10-12)21-2/h3-5,10H,6-9H2,1-2H3. The first-order valence-electron chi connectivity index (χ1n) is 7.16. The lowest BCUT2D eigenvalue weighted by Crippen LogP contribution is -2.48. The lowest BCUT2D eigenvalue weighted by Gasteiger charge is -2.35. The summed E-state index contributed by atoms with van der Waals surface area (Å²) < 4.78 is 9.33. The summed E-state index contributed by atoms with van der Waals surface area (Å²) in [6.07, 6.45) is 0. The van der Waals surface area contributed by atoms with Crippen LogP contribution >= 0.6 is 11.5 Å². The highest BCUT2D eigenvalue weighted by Crippen LogP contribution is 2.22. The van der Waals surface area contributed by atoms with Crippen LogP contribution < -0.4 is 9.64 Å². The highest BCUT2D eigenvalue weighted by Gasteiger charge is 2.24. The summed E-state index contributed by atoms with van der Waals surface area (Å²) in [5.41, 5.74) is 1.12. The third-order valence-electron chi connectivity index (χ3n) is 3.70. The van der Waals surface area contributed by atoms with Crippen molar-refractivity contribution in [3.05, 3.63) is 35.1 Å². The number of benzene rings is 1. The van der Waals surface area contributed by atoms with E-state index in [4.69, 9.17) is 4.74 Å². The number of methoxy groups -OCH3 is 1. The fraction of sp³-hybridized carbons (Fsp3) is 0.400. The van der Waals surface area contributed by atoms with Crippen molar-refractivity contribution in [3.8, 4) is 5.75 Å². The molecular formula is C15H18N4O2S. The molecule has 7 heteroatoms. The largest absolute Gasteiger partial charge is 0.497 e. The molecule has 1 amide bonds. The molecule has 0 unspecified atom stereocenters. The molecule has 0 saturated carbocycles. The number of carbonyl (C=O) groups is 1. The van der Waals surface area contributed by atoms with E-state index in [9.17, 15) is 4.79 Å². The Hall–Kier alpha value is -2.15. The number of amides is 1. The summed E-state index contributed by atoms with van der Waals surface area (Å²) in [6, 6.07) is 8.00. The number of anilines is 1. The normalized spacial score (nSPS) is 15.0. The SMILES string of the molecule is COc1cccc(N2CCN(C(=O)c3nc(C)ns3)CC2)c1. The van der Waals surface area contributed by atoms with Gasteiger partial charge in [0.15, 0.2) is 0 Å². The number of nitrogens with zero attached hydrogens (tertiary/aromatic N) is 4. The minimum Gasteiger partial charge on any atom is -0.497 e. The van der Waals surface area contributed by atoms with Crippen molar-refractivity contribution in [2.45, 2.75) is 6.92 Å². The van der Waals surface area contributed by atoms with E-state index >= 15 is 0 Å². The van der Waals surface area contributed by atoms with Gasteiger partial charge in [-0.3, -0.25) is 4.79 Å². The Morgan fingerprint density at radius 3 is 2.68 bits per heavy atom. The summed E-state index contributed by atoms with van der Waals surface area (Å²) >= 11 is 1.17. The first-order valence-corrected chi connectivity index (χ1v) is 7.93. The Morgan fingerprint density at radius 2 is 2.05 bits per heavy atom. The van der Waals surface area contributed by atoms with Crippen molar-refractivity contribution in [2.24, 2.45) is 0 Å². The van der Waals surface area contributed by atoms with Gasteiger partial charge < -0.3 is 14.5 Å². The van der Waals surface area contributed by atoms with Crippen LogP contribution in [0.15, 0.2) is 24.3 Å². The van der Waals surface area contributed by atoms with Crippen LogP contribution in [-0.4, -0.2) is 53.5 Å². The Morgan fingerprint density at radius 1 is 1.27 bits per heavy atom. The predicted octanol–water partition coefficient (Wildman–Crippen LogP) is 1.82. The summed E-state index contributed by atoms with van der Waals surface area (Å²) in [4.78, 5) is 20.6. The van der Waals surface area contributed by atoms with Gasteiger partial charge in [-0.25, -0.2) is 4.98 Å². The van der Waals surface area contributed by atoms with Crippen molar-refractivity contribution in [1.29, 1.82) is 0 Å². The molecule has 1 aromatic heterocycles. The molecule has 0 bridgehead atoms. The van der Waals surface area contributed by atoms with E-state index in [1.807, 2.05) is 23.1 Å². The monoisotopic (exact) mass is 318 g/mol. The maximum absolute atomic E-state index is 12.4. The van der Waals surface area contributed by atoms with Gasteiger partial charge in [0.05, 0.1) is 7.11 Å². The third-order valence-corrected chi connectivity index (χ3v) is 4.49. The van der Waals surface area contributed by atoms with Crippen LogP contribution in [0.1, 0.15) is 15.6 Å². The maximum atomic E-state index is 12.4. The molecular weight excluding hydrogens is 300 g/mol. The van der Waals surface area contributed by atoms with Crippen LogP contribution in [0.25, 0.3) is 0 Å². The average molecular weight is 318 g/mol. The molecule has 0 radical (unpaired) electrons. The second-order valence-corrected chi connectivity index (χ2v) is 5.88. The molecule has 2 heterocycles. The fourth-order valence-corrected chi connectivity index (χ4v) is 3.13. The average Bonchev–Trinajstić information content (AvgIpc) is 3.01. The Balaban J connectivity index is 1.63. The van der Waals surface area contributed by atoms with Crippen molar-refractivity contribution >= 4 is 23.1 Å². The van der Waals surface area contributed by atoms with Gasteiger partial charge in [0, 0.05) is 37.9 Å². The minimum absolute atomic E-state index is 0.0177. The molecule has 3 rings (SSSR count). The number of aryl methyl sites for hydroxylation is 1. The van der Waals surface area contributed by atoms with Crippen molar-refractivity contribution in [2.75, 3.05) is 38.2 Å². The molecule has 1 saturated heterocycles. The number of hydrogen-bond donors (Lipinski definition) is 0. The second-order valence-electron chi connectivity index (χ2n) is 5.13. The highest BCUT2D eigenvalue weighted by molar-refractivity contribution is 7.07. The van der Waals surface area contributed by atoms with Gasteiger partial charge in [0.1, 0.15) is 11.6 Å². The predicted molar refractivity (Wildman–Crippen MR) is 85.8 cm³/mol. The molecule has 0 atom stereocenters. The molecule has 22 heavy (non-hydrogen) atoms. The molecule has 0 spiro atoms.